The molecule has 0 saturated heterocycles. The standard InChI is InChI=1S/C24H24N4O4S2/c1-3-21-22(17-8-12-19(13-9-17)34(2,31)32)27-28(24(30)33-21)15-16-6-10-18(11-7-16)26-23(29)20-5-4-14-25-20/h4-14,21,25H,3,15H2,1-2H3,(H,26,29). The van der Waals surface area contributed by atoms with Crippen LogP contribution >= 0.6 is 11.8 Å². The fourth-order valence-corrected chi connectivity index (χ4v) is 5.07. The second-order valence-electron chi connectivity index (χ2n) is 7.85. The van der Waals surface area contributed by atoms with Crippen molar-refractivity contribution in [3.8, 4) is 0 Å². The minimum absolute atomic E-state index is 0.113. The summed E-state index contributed by atoms with van der Waals surface area (Å²) in [5.74, 6) is -0.234. The Bertz CT molecular complexity index is 1320. The smallest absolute Gasteiger partial charge is 0.302 e. The molecule has 0 fully saturated rings. The zero-order chi connectivity index (χ0) is 24.3. The maximum Gasteiger partial charge on any atom is 0.302 e. The van der Waals surface area contributed by atoms with Gasteiger partial charge in [-0.2, -0.15) is 5.10 Å². The van der Waals surface area contributed by atoms with E-state index in [2.05, 4.69) is 15.4 Å². The summed E-state index contributed by atoms with van der Waals surface area (Å²) < 4.78 is 23.5. The van der Waals surface area contributed by atoms with Gasteiger partial charge in [0, 0.05) is 18.1 Å². The third kappa shape index (κ3) is 5.40. The maximum absolute atomic E-state index is 12.7. The number of aromatic nitrogens is 1. The van der Waals surface area contributed by atoms with E-state index in [0.717, 1.165) is 16.8 Å². The molecular formula is C24H24N4O4S2. The molecule has 0 saturated carbocycles. The van der Waals surface area contributed by atoms with Crippen molar-refractivity contribution >= 4 is 44.1 Å². The van der Waals surface area contributed by atoms with Crippen molar-refractivity contribution in [1.82, 2.24) is 9.99 Å². The van der Waals surface area contributed by atoms with Crippen molar-refractivity contribution in [3.63, 3.8) is 0 Å². The van der Waals surface area contributed by atoms with E-state index in [1.807, 2.05) is 19.1 Å². The summed E-state index contributed by atoms with van der Waals surface area (Å²) in [6, 6.07) is 17.3. The van der Waals surface area contributed by atoms with Crippen LogP contribution < -0.4 is 5.32 Å². The molecule has 4 rings (SSSR count). The number of aromatic amines is 1. The highest BCUT2D eigenvalue weighted by molar-refractivity contribution is 8.14. The van der Waals surface area contributed by atoms with E-state index in [0.29, 0.717) is 17.8 Å². The first kappa shape index (κ1) is 23.8. The molecule has 34 heavy (non-hydrogen) atoms. The number of amides is 2. The zero-order valence-electron chi connectivity index (χ0n) is 18.7. The predicted molar refractivity (Wildman–Crippen MR) is 134 cm³/mol. The molecule has 2 heterocycles. The van der Waals surface area contributed by atoms with Crippen molar-refractivity contribution in [2.24, 2.45) is 5.10 Å². The normalized spacial score (nSPS) is 16.3. The average molecular weight is 497 g/mol. The lowest BCUT2D eigenvalue weighted by Crippen LogP contribution is -2.34. The summed E-state index contributed by atoms with van der Waals surface area (Å²) in [6.07, 6.45) is 3.57. The summed E-state index contributed by atoms with van der Waals surface area (Å²) in [5.41, 5.74) is 3.49. The fraction of sp³-hybridized carbons (Fsp3) is 0.208. The van der Waals surface area contributed by atoms with Gasteiger partial charge in [-0.05, 0) is 53.9 Å². The Labute approximate surface area is 202 Å². The summed E-state index contributed by atoms with van der Waals surface area (Å²) in [4.78, 5) is 28.0. The van der Waals surface area contributed by atoms with Crippen LogP contribution in [0.25, 0.3) is 0 Å². The fourth-order valence-electron chi connectivity index (χ4n) is 3.50. The Morgan fingerprint density at radius 1 is 1.12 bits per heavy atom. The molecule has 0 aliphatic carbocycles. The number of nitrogens with zero attached hydrogens (tertiary/aromatic N) is 2. The average Bonchev–Trinajstić information content (AvgIpc) is 3.36. The van der Waals surface area contributed by atoms with E-state index >= 15 is 0 Å². The minimum Gasteiger partial charge on any atom is -0.357 e. The monoisotopic (exact) mass is 496 g/mol. The number of sulfone groups is 1. The Morgan fingerprint density at radius 2 is 1.82 bits per heavy atom. The highest BCUT2D eigenvalue weighted by Gasteiger charge is 2.30. The number of carbonyl (C=O) groups is 2. The third-order valence-electron chi connectivity index (χ3n) is 5.32. The molecule has 0 spiro atoms. The number of anilines is 1. The van der Waals surface area contributed by atoms with Crippen LogP contribution in [0, 0.1) is 0 Å². The van der Waals surface area contributed by atoms with Gasteiger partial charge in [-0.25, -0.2) is 13.4 Å². The molecule has 176 valence electrons. The highest BCUT2D eigenvalue weighted by atomic mass is 32.2. The molecular weight excluding hydrogens is 472 g/mol. The van der Waals surface area contributed by atoms with Gasteiger partial charge in [0.1, 0.15) is 5.69 Å². The van der Waals surface area contributed by atoms with Gasteiger partial charge < -0.3 is 10.3 Å². The SMILES string of the molecule is CCC1SC(=O)N(Cc2ccc(NC(=O)c3ccc[nH]3)cc2)N=C1c1ccc(S(C)(=O)=O)cc1. The van der Waals surface area contributed by atoms with Crippen LogP contribution in [0.2, 0.25) is 0 Å². The number of hydrogen-bond acceptors (Lipinski definition) is 6. The minimum atomic E-state index is -3.29. The second kappa shape index (κ2) is 9.86. The molecule has 1 unspecified atom stereocenters. The van der Waals surface area contributed by atoms with Gasteiger partial charge in [-0.1, -0.05) is 43.0 Å². The molecule has 3 aromatic rings. The predicted octanol–water partition coefficient (Wildman–Crippen LogP) is 4.52. The summed E-state index contributed by atoms with van der Waals surface area (Å²) in [7, 11) is -3.29. The molecule has 8 nitrogen and oxygen atoms in total. The molecule has 1 aliphatic rings. The third-order valence-corrected chi connectivity index (χ3v) is 7.70. The maximum atomic E-state index is 12.7. The number of hydrogen-bond donors (Lipinski definition) is 2. The summed E-state index contributed by atoms with van der Waals surface area (Å²) in [6.45, 7) is 2.26. The van der Waals surface area contributed by atoms with E-state index < -0.39 is 9.84 Å². The van der Waals surface area contributed by atoms with Crippen molar-refractivity contribution in [2.45, 2.75) is 30.0 Å². The van der Waals surface area contributed by atoms with Crippen LogP contribution in [0.1, 0.15) is 35.0 Å². The molecule has 0 radical (unpaired) electrons. The van der Waals surface area contributed by atoms with E-state index in [1.54, 1.807) is 54.7 Å². The topological polar surface area (TPSA) is 112 Å². The van der Waals surface area contributed by atoms with Crippen molar-refractivity contribution in [2.75, 3.05) is 11.6 Å². The first-order valence-electron chi connectivity index (χ1n) is 10.7. The van der Waals surface area contributed by atoms with Crippen LogP contribution in [0.15, 0.2) is 76.9 Å². The number of H-pyrrole nitrogens is 1. The van der Waals surface area contributed by atoms with Gasteiger partial charge in [0.2, 0.25) is 0 Å². The summed E-state index contributed by atoms with van der Waals surface area (Å²) in [5, 5.41) is 8.61. The van der Waals surface area contributed by atoms with Crippen molar-refractivity contribution in [3.05, 3.63) is 83.7 Å². The van der Waals surface area contributed by atoms with Crippen molar-refractivity contribution < 1.29 is 18.0 Å². The van der Waals surface area contributed by atoms with E-state index in [1.165, 1.54) is 23.0 Å². The van der Waals surface area contributed by atoms with Crippen LogP contribution in [0.3, 0.4) is 0 Å². The molecule has 2 aromatic carbocycles. The van der Waals surface area contributed by atoms with Gasteiger partial charge in [-0.15, -0.1) is 0 Å². The van der Waals surface area contributed by atoms with Crippen LogP contribution in [0.5, 0.6) is 0 Å². The molecule has 2 amide bonds. The van der Waals surface area contributed by atoms with Gasteiger partial charge in [0.25, 0.3) is 5.91 Å². The molecule has 0 bridgehead atoms. The Kier molecular flexibility index (Phi) is 6.90. The molecule has 1 aliphatic heterocycles. The highest BCUT2D eigenvalue weighted by Crippen LogP contribution is 2.30. The number of thioether (sulfide) groups is 1. The van der Waals surface area contributed by atoms with E-state index in [4.69, 9.17) is 0 Å². The number of hydrazone groups is 1. The van der Waals surface area contributed by atoms with Crippen LogP contribution in [-0.2, 0) is 16.4 Å². The number of carbonyl (C=O) groups excluding carboxylic acids is 2. The largest absolute Gasteiger partial charge is 0.357 e. The van der Waals surface area contributed by atoms with Gasteiger partial charge in [-0.3, -0.25) is 9.59 Å². The number of rotatable bonds is 7. The first-order valence-corrected chi connectivity index (χ1v) is 13.4. The van der Waals surface area contributed by atoms with E-state index in [-0.39, 0.29) is 27.8 Å². The van der Waals surface area contributed by atoms with Crippen LogP contribution in [-0.4, -0.2) is 46.8 Å². The van der Waals surface area contributed by atoms with E-state index in [9.17, 15) is 18.0 Å². The lowest BCUT2D eigenvalue weighted by molar-refractivity contribution is 0.102. The molecule has 10 heteroatoms. The second-order valence-corrected chi connectivity index (χ2v) is 11.0. The van der Waals surface area contributed by atoms with Gasteiger partial charge in [0.15, 0.2) is 9.84 Å². The Morgan fingerprint density at radius 3 is 2.41 bits per heavy atom. The number of benzene rings is 2. The lowest BCUT2D eigenvalue weighted by atomic mass is 10.1. The summed E-state index contributed by atoms with van der Waals surface area (Å²) >= 11 is 1.21. The number of nitrogens with one attached hydrogen (secondary N) is 2. The quantitative estimate of drug-likeness (QED) is 0.499. The Balaban J connectivity index is 1.51. The molecule has 1 aromatic heterocycles. The zero-order valence-corrected chi connectivity index (χ0v) is 20.3. The van der Waals surface area contributed by atoms with Gasteiger partial charge in [0.05, 0.1) is 22.4 Å². The Hall–Kier alpha value is -3.37. The lowest BCUT2D eigenvalue weighted by Gasteiger charge is -2.28. The molecule has 1 atom stereocenters. The first-order chi connectivity index (χ1) is 16.2. The van der Waals surface area contributed by atoms with Gasteiger partial charge >= 0.3 is 5.24 Å². The van der Waals surface area contributed by atoms with Crippen LogP contribution in [0.4, 0.5) is 10.5 Å². The van der Waals surface area contributed by atoms with Crippen molar-refractivity contribution in [1.29, 1.82) is 0 Å². The molecule has 2 N–H and O–H groups in total.